The van der Waals surface area contributed by atoms with Crippen LogP contribution >= 0.6 is 0 Å². The lowest BCUT2D eigenvalue weighted by Gasteiger charge is -2.33. The number of carbonyl (C=O) groups excluding carboxylic acids is 1. The minimum atomic E-state index is 0.116. The Hall–Kier alpha value is -2.23. The summed E-state index contributed by atoms with van der Waals surface area (Å²) < 4.78 is 11.3. The lowest BCUT2D eigenvalue weighted by atomic mass is 9.98. The number of furan rings is 1. The molecule has 3 atom stereocenters. The van der Waals surface area contributed by atoms with E-state index < -0.39 is 0 Å². The molecule has 24 heavy (non-hydrogen) atoms. The lowest BCUT2D eigenvalue weighted by Crippen LogP contribution is -2.42. The number of ether oxygens (including phenoxy) is 1. The van der Waals surface area contributed by atoms with E-state index in [1.807, 2.05) is 47.4 Å². The highest BCUT2D eigenvalue weighted by atomic mass is 16.5. The largest absolute Gasteiger partial charge is 0.493 e. The Kier molecular flexibility index (Phi) is 4.28. The molecule has 4 rings (SSSR count). The molecule has 1 amide bonds. The van der Waals surface area contributed by atoms with Crippen LogP contribution in [0.5, 0.6) is 5.75 Å². The van der Waals surface area contributed by atoms with E-state index in [0.717, 1.165) is 43.9 Å². The van der Waals surface area contributed by atoms with Crippen LogP contribution in [0.15, 0.2) is 53.1 Å². The third-order valence-electron chi connectivity index (χ3n) is 5.08. The van der Waals surface area contributed by atoms with Crippen LogP contribution in [0.2, 0.25) is 0 Å². The molecular weight excluding hydrogens is 302 g/mol. The molecule has 2 aliphatic rings. The molecule has 2 heterocycles. The van der Waals surface area contributed by atoms with Gasteiger partial charge in [-0.3, -0.25) is 4.79 Å². The van der Waals surface area contributed by atoms with Crippen LogP contribution in [0, 0.1) is 11.8 Å². The Morgan fingerprint density at radius 2 is 2.08 bits per heavy atom. The first-order chi connectivity index (χ1) is 11.8. The fourth-order valence-corrected chi connectivity index (χ4v) is 3.65. The highest BCUT2D eigenvalue weighted by Gasteiger charge is 2.47. The van der Waals surface area contributed by atoms with Gasteiger partial charge >= 0.3 is 0 Å². The van der Waals surface area contributed by atoms with E-state index in [0.29, 0.717) is 18.4 Å². The van der Waals surface area contributed by atoms with Crippen LogP contribution in [0.4, 0.5) is 0 Å². The molecule has 0 bridgehead atoms. The Morgan fingerprint density at radius 3 is 2.88 bits per heavy atom. The van der Waals surface area contributed by atoms with Crippen molar-refractivity contribution in [3.05, 3.63) is 54.5 Å². The molecule has 4 heteroatoms. The van der Waals surface area contributed by atoms with Gasteiger partial charge in [0.05, 0.1) is 12.9 Å². The number of hydrogen-bond donors (Lipinski definition) is 0. The Morgan fingerprint density at radius 1 is 1.21 bits per heavy atom. The Labute approximate surface area is 142 Å². The van der Waals surface area contributed by atoms with Crippen molar-refractivity contribution in [3.8, 4) is 5.75 Å². The molecule has 1 aliphatic carbocycles. The van der Waals surface area contributed by atoms with Crippen molar-refractivity contribution in [1.29, 1.82) is 0 Å². The number of amides is 1. The Balaban J connectivity index is 1.29. The van der Waals surface area contributed by atoms with Crippen molar-refractivity contribution in [3.63, 3.8) is 0 Å². The molecular formula is C20H23NO3. The molecule has 0 unspecified atom stereocenters. The van der Waals surface area contributed by atoms with Gasteiger partial charge in [0, 0.05) is 30.8 Å². The maximum atomic E-state index is 12.7. The van der Waals surface area contributed by atoms with Gasteiger partial charge in [0.15, 0.2) is 0 Å². The highest BCUT2D eigenvalue weighted by molar-refractivity contribution is 5.83. The number of hydrogen-bond acceptors (Lipinski definition) is 3. The number of benzene rings is 1. The second-order valence-corrected chi connectivity index (χ2v) is 6.88. The van der Waals surface area contributed by atoms with Gasteiger partial charge in [-0.05, 0) is 43.5 Å². The monoisotopic (exact) mass is 325 g/mol. The van der Waals surface area contributed by atoms with Crippen LogP contribution in [0.3, 0.4) is 0 Å². The van der Waals surface area contributed by atoms with E-state index in [2.05, 4.69) is 0 Å². The summed E-state index contributed by atoms with van der Waals surface area (Å²) in [5, 5.41) is 0. The molecule has 1 saturated carbocycles. The zero-order chi connectivity index (χ0) is 16.4. The standard InChI is InChI=1S/C20H23NO3/c22-20(18-12-17(18)19-9-5-11-23-19)21-10-4-6-15(13-21)14-24-16-7-2-1-3-8-16/h1-3,5,7-9,11,15,17-18H,4,6,10,12-14H2/t15-,17-,18+/m0/s1. The van der Waals surface area contributed by atoms with Crippen LogP contribution < -0.4 is 4.74 Å². The average molecular weight is 325 g/mol. The van der Waals surface area contributed by atoms with Crippen molar-refractivity contribution in [2.24, 2.45) is 11.8 Å². The van der Waals surface area contributed by atoms with Crippen molar-refractivity contribution < 1.29 is 13.9 Å². The van der Waals surface area contributed by atoms with E-state index in [9.17, 15) is 4.79 Å². The molecule has 2 fully saturated rings. The number of piperidine rings is 1. The molecule has 1 aromatic carbocycles. The third-order valence-corrected chi connectivity index (χ3v) is 5.08. The third kappa shape index (κ3) is 3.32. The molecule has 0 radical (unpaired) electrons. The number of likely N-dealkylation sites (tertiary alicyclic amines) is 1. The lowest BCUT2D eigenvalue weighted by molar-refractivity contribution is -0.134. The van der Waals surface area contributed by atoms with Gasteiger partial charge in [0.25, 0.3) is 0 Å². The summed E-state index contributed by atoms with van der Waals surface area (Å²) in [7, 11) is 0. The molecule has 0 N–H and O–H groups in total. The summed E-state index contributed by atoms with van der Waals surface area (Å²) in [5.74, 6) is 2.97. The van der Waals surface area contributed by atoms with Gasteiger partial charge in [-0.1, -0.05) is 18.2 Å². The smallest absolute Gasteiger partial charge is 0.226 e. The maximum absolute atomic E-state index is 12.7. The first-order valence-electron chi connectivity index (χ1n) is 8.81. The van der Waals surface area contributed by atoms with Crippen molar-refractivity contribution in [2.45, 2.75) is 25.2 Å². The minimum Gasteiger partial charge on any atom is -0.493 e. The van der Waals surface area contributed by atoms with Gasteiger partial charge in [-0.15, -0.1) is 0 Å². The summed E-state index contributed by atoms with van der Waals surface area (Å²) in [5.41, 5.74) is 0. The van der Waals surface area contributed by atoms with E-state index in [1.54, 1.807) is 6.26 Å². The first-order valence-corrected chi connectivity index (χ1v) is 8.81. The van der Waals surface area contributed by atoms with Gasteiger partial charge in [-0.25, -0.2) is 0 Å². The molecule has 0 spiro atoms. The topological polar surface area (TPSA) is 42.7 Å². The van der Waals surface area contributed by atoms with Crippen LogP contribution in [0.25, 0.3) is 0 Å². The predicted octanol–water partition coefficient (Wildman–Crippen LogP) is 3.70. The maximum Gasteiger partial charge on any atom is 0.226 e. The fourth-order valence-electron chi connectivity index (χ4n) is 3.65. The molecule has 2 aromatic rings. The summed E-state index contributed by atoms with van der Waals surface area (Å²) in [6, 6.07) is 13.8. The van der Waals surface area contributed by atoms with E-state index in [-0.39, 0.29) is 11.8 Å². The summed E-state index contributed by atoms with van der Waals surface area (Å²) in [6.45, 7) is 2.37. The molecule has 1 saturated heterocycles. The first kappa shape index (κ1) is 15.3. The van der Waals surface area contributed by atoms with Crippen molar-refractivity contribution in [1.82, 2.24) is 4.90 Å². The quantitative estimate of drug-likeness (QED) is 0.842. The zero-order valence-electron chi connectivity index (χ0n) is 13.8. The normalized spacial score (nSPS) is 26.2. The number of carbonyl (C=O) groups is 1. The molecule has 4 nitrogen and oxygen atoms in total. The van der Waals surface area contributed by atoms with Crippen molar-refractivity contribution >= 4 is 5.91 Å². The molecule has 1 aliphatic heterocycles. The number of rotatable bonds is 5. The number of para-hydroxylation sites is 1. The van der Waals surface area contributed by atoms with Gasteiger partial charge in [0.2, 0.25) is 5.91 Å². The summed E-state index contributed by atoms with van der Waals surface area (Å²) in [6.07, 6.45) is 4.80. The van der Waals surface area contributed by atoms with E-state index in [4.69, 9.17) is 9.15 Å². The fraction of sp³-hybridized carbons (Fsp3) is 0.450. The molecule has 126 valence electrons. The van der Waals surface area contributed by atoms with Gasteiger partial charge < -0.3 is 14.1 Å². The Bertz CT molecular complexity index is 667. The van der Waals surface area contributed by atoms with E-state index in [1.165, 1.54) is 0 Å². The second kappa shape index (κ2) is 6.71. The summed E-state index contributed by atoms with van der Waals surface area (Å²) in [4.78, 5) is 14.8. The molecule has 1 aromatic heterocycles. The zero-order valence-corrected chi connectivity index (χ0v) is 13.8. The highest BCUT2D eigenvalue weighted by Crippen LogP contribution is 2.48. The second-order valence-electron chi connectivity index (χ2n) is 6.88. The number of nitrogens with zero attached hydrogens (tertiary/aromatic N) is 1. The van der Waals surface area contributed by atoms with Crippen molar-refractivity contribution in [2.75, 3.05) is 19.7 Å². The minimum absolute atomic E-state index is 0.116. The van der Waals surface area contributed by atoms with E-state index >= 15 is 0 Å². The average Bonchev–Trinajstić information content (AvgIpc) is 3.25. The SMILES string of the molecule is O=C([C@@H]1C[C@@H]1c1ccco1)N1CCC[C@H](COc2ccccc2)C1. The van der Waals surface area contributed by atoms with Crippen LogP contribution in [-0.2, 0) is 4.79 Å². The predicted molar refractivity (Wildman–Crippen MR) is 90.8 cm³/mol. The van der Waals surface area contributed by atoms with Gasteiger partial charge in [0.1, 0.15) is 11.5 Å². The summed E-state index contributed by atoms with van der Waals surface area (Å²) >= 11 is 0. The van der Waals surface area contributed by atoms with Crippen LogP contribution in [0.1, 0.15) is 30.9 Å². The van der Waals surface area contributed by atoms with Crippen LogP contribution in [-0.4, -0.2) is 30.5 Å². The van der Waals surface area contributed by atoms with Gasteiger partial charge in [-0.2, -0.15) is 0 Å².